The summed E-state index contributed by atoms with van der Waals surface area (Å²) in [6, 6.07) is 9.20. The van der Waals surface area contributed by atoms with Gasteiger partial charge in [0, 0.05) is 23.9 Å². The van der Waals surface area contributed by atoms with Gasteiger partial charge >= 0.3 is 0 Å². The first-order chi connectivity index (χ1) is 11.3. The van der Waals surface area contributed by atoms with Crippen LogP contribution >= 0.6 is 0 Å². The van der Waals surface area contributed by atoms with Crippen LogP contribution in [0.15, 0.2) is 24.3 Å². The van der Waals surface area contributed by atoms with Gasteiger partial charge in [-0.25, -0.2) is 0 Å². The summed E-state index contributed by atoms with van der Waals surface area (Å²) < 4.78 is 5.76. The molecule has 0 spiro atoms. The van der Waals surface area contributed by atoms with E-state index in [9.17, 15) is 0 Å². The topological polar surface area (TPSA) is 21.3 Å². The molecule has 23 heavy (non-hydrogen) atoms. The molecule has 0 saturated heterocycles. The van der Waals surface area contributed by atoms with E-state index in [0.717, 1.165) is 5.75 Å². The van der Waals surface area contributed by atoms with Crippen LogP contribution in [0.3, 0.4) is 0 Å². The minimum atomic E-state index is 1.01. The minimum Gasteiger partial charge on any atom is -0.496 e. The SMILES string of the molecule is CNc1cc2c(cc1-c1c(OC)ccc3c1CCCC3)CCC2. The normalized spacial score (nSPS) is 15.9. The van der Waals surface area contributed by atoms with Gasteiger partial charge in [-0.05, 0) is 85.4 Å². The average Bonchev–Trinajstić information content (AvgIpc) is 3.06. The van der Waals surface area contributed by atoms with Gasteiger partial charge in [0.2, 0.25) is 0 Å². The molecule has 2 aromatic rings. The molecule has 2 nitrogen and oxygen atoms in total. The Morgan fingerprint density at radius 2 is 1.61 bits per heavy atom. The molecule has 0 bridgehead atoms. The molecule has 0 radical (unpaired) electrons. The smallest absolute Gasteiger partial charge is 0.127 e. The molecule has 0 amide bonds. The number of aryl methyl sites for hydroxylation is 3. The fraction of sp³-hybridized carbons (Fsp3) is 0.429. The van der Waals surface area contributed by atoms with Crippen LogP contribution in [-0.4, -0.2) is 14.2 Å². The molecule has 120 valence electrons. The Morgan fingerprint density at radius 3 is 2.39 bits per heavy atom. The number of methoxy groups -OCH3 is 1. The second kappa shape index (κ2) is 5.92. The molecule has 2 aliphatic rings. The highest BCUT2D eigenvalue weighted by Gasteiger charge is 2.22. The summed E-state index contributed by atoms with van der Waals surface area (Å²) in [5, 5.41) is 3.43. The third kappa shape index (κ3) is 2.41. The number of anilines is 1. The van der Waals surface area contributed by atoms with Crippen LogP contribution < -0.4 is 10.1 Å². The van der Waals surface area contributed by atoms with Crippen molar-refractivity contribution in [3.05, 3.63) is 46.5 Å². The molecule has 0 saturated carbocycles. The maximum atomic E-state index is 5.76. The molecule has 0 atom stereocenters. The molecule has 4 rings (SSSR count). The molecular weight excluding hydrogens is 282 g/mol. The second-order valence-corrected chi connectivity index (χ2v) is 6.76. The van der Waals surface area contributed by atoms with Crippen molar-refractivity contribution in [2.75, 3.05) is 19.5 Å². The highest BCUT2D eigenvalue weighted by Crippen LogP contribution is 2.43. The lowest BCUT2D eigenvalue weighted by Gasteiger charge is -2.24. The Morgan fingerprint density at radius 1 is 0.870 bits per heavy atom. The molecule has 0 aromatic heterocycles. The van der Waals surface area contributed by atoms with Crippen molar-refractivity contribution in [1.82, 2.24) is 0 Å². The van der Waals surface area contributed by atoms with E-state index in [1.54, 1.807) is 7.11 Å². The Hall–Kier alpha value is -1.96. The fourth-order valence-electron chi connectivity index (χ4n) is 4.31. The molecule has 0 heterocycles. The average molecular weight is 307 g/mol. The predicted octanol–water partition coefficient (Wildman–Crippen LogP) is 4.77. The maximum Gasteiger partial charge on any atom is 0.127 e. The highest BCUT2D eigenvalue weighted by molar-refractivity contribution is 5.86. The number of nitrogens with one attached hydrogen (secondary N) is 1. The zero-order valence-corrected chi connectivity index (χ0v) is 14.2. The van der Waals surface area contributed by atoms with Crippen molar-refractivity contribution in [2.24, 2.45) is 0 Å². The van der Waals surface area contributed by atoms with Gasteiger partial charge in [-0.15, -0.1) is 0 Å². The summed E-state index contributed by atoms with van der Waals surface area (Å²) in [6.45, 7) is 0. The highest BCUT2D eigenvalue weighted by atomic mass is 16.5. The van der Waals surface area contributed by atoms with Crippen molar-refractivity contribution >= 4 is 5.69 Å². The Bertz CT molecular complexity index is 748. The monoisotopic (exact) mass is 307 g/mol. The van der Waals surface area contributed by atoms with E-state index in [0.29, 0.717) is 0 Å². The van der Waals surface area contributed by atoms with Gasteiger partial charge in [0.05, 0.1) is 7.11 Å². The van der Waals surface area contributed by atoms with Gasteiger partial charge < -0.3 is 10.1 Å². The third-order valence-electron chi connectivity index (χ3n) is 5.49. The van der Waals surface area contributed by atoms with Crippen LogP contribution in [0.1, 0.15) is 41.5 Å². The summed E-state index contributed by atoms with van der Waals surface area (Å²) in [4.78, 5) is 0. The molecular formula is C21H25NO. The maximum absolute atomic E-state index is 5.76. The van der Waals surface area contributed by atoms with Crippen LogP contribution in [0.5, 0.6) is 5.75 Å². The number of hydrogen-bond donors (Lipinski definition) is 1. The van der Waals surface area contributed by atoms with Crippen LogP contribution in [0.25, 0.3) is 11.1 Å². The first-order valence-electron chi connectivity index (χ1n) is 8.84. The summed E-state index contributed by atoms with van der Waals surface area (Å²) in [5.74, 6) is 1.01. The zero-order valence-electron chi connectivity index (χ0n) is 14.2. The lowest BCUT2D eigenvalue weighted by atomic mass is 9.84. The number of rotatable bonds is 3. The fourth-order valence-corrected chi connectivity index (χ4v) is 4.31. The van der Waals surface area contributed by atoms with Crippen LogP contribution in [-0.2, 0) is 25.7 Å². The number of ether oxygens (including phenoxy) is 1. The molecule has 2 aliphatic carbocycles. The first kappa shape index (κ1) is 14.6. The van der Waals surface area contributed by atoms with E-state index < -0.39 is 0 Å². The summed E-state index contributed by atoms with van der Waals surface area (Å²) in [5.41, 5.74) is 9.94. The quantitative estimate of drug-likeness (QED) is 0.882. The van der Waals surface area contributed by atoms with E-state index in [1.807, 2.05) is 7.05 Å². The van der Waals surface area contributed by atoms with E-state index in [-0.39, 0.29) is 0 Å². The number of hydrogen-bond acceptors (Lipinski definition) is 2. The summed E-state index contributed by atoms with van der Waals surface area (Å²) >= 11 is 0. The van der Waals surface area contributed by atoms with Crippen molar-refractivity contribution in [2.45, 2.75) is 44.9 Å². The van der Waals surface area contributed by atoms with Gasteiger partial charge in [0.1, 0.15) is 5.75 Å². The standard InChI is InChI=1S/C21H25NO/c1-22-19-13-16-8-5-7-15(16)12-18(19)21-17-9-4-3-6-14(17)10-11-20(21)23-2/h10-13,22H,3-9H2,1-2H3. The number of benzene rings is 2. The summed E-state index contributed by atoms with van der Waals surface area (Å²) in [7, 11) is 3.82. The van der Waals surface area contributed by atoms with Gasteiger partial charge in [0.25, 0.3) is 0 Å². The van der Waals surface area contributed by atoms with Crippen molar-refractivity contribution in [3.63, 3.8) is 0 Å². The lowest BCUT2D eigenvalue weighted by molar-refractivity contribution is 0.415. The number of fused-ring (bicyclic) bond motifs is 2. The second-order valence-electron chi connectivity index (χ2n) is 6.76. The van der Waals surface area contributed by atoms with E-state index >= 15 is 0 Å². The largest absolute Gasteiger partial charge is 0.496 e. The van der Waals surface area contributed by atoms with Crippen molar-refractivity contribution < 1.29 is 4.74 Å². The zero-order chi connectivity index (χ0) is 15.8. The summed E-state index contributed by atoms with van der Waals surface area (Å²) in [6.07, 6.45) is 8.67. The van der Waals surface area contributed by atoms with Gasteiger partial charge in [-0.2, -0.15) is 0 Å². The first-order valence-corrected chi connectivity index (χ1v) is 8.84. The predicted molar refractivity (Wildman–Crippen MR) is 96.6 cm³/mol. The van der Waals surface area contributed by atoms with E-state index in [4.69, 9.17) is 4.74 Å². The van der Waals surface area contributed by atoms with Gasteiger partial charge in [-0.1, -0.05) is 6.07 Å². The van der Waals surface area contributed by atoms with Crippen LogP contribution in [0, 0.1) is 0 Å². The molecule has 2 aromatic carbocycles. The van der Waals surface area contributed by atoms with E-state index in [2.05, 4.69) is 29.6 Å². The third-order valence-corrected chi connectivity index (χ3v) is 5.49. The van der Waals surface area contributed by atoms with Gasteiger partial charge in [0.15, 0.2) is 0 Å². The van der Waals surface area contributed by atoms with E-state index in [1.165, 1.54) is 84.0 Å². The van der Waals surface area contributed by atoms with Gasteiger partial charge in [-0.3, -0.25) is 0 Å². The van der Waals surface area contributed by atoms with Crippen LogP contribution in [0.2, 0.25) is 0 Å². The Kier molecular flexibility index (Phi) is 3.76. The minimum absolute atomic E-state index is 1.01. The molecule has 0 aliphatic heterocycles. The Labute approximate surface area is 138 Å². The molecule has 2 heteroatoms. The molecule has 0 unspecified atom stereocenters. The Balaban J connectivity index is 1.97. The molecule has 1 N–H and O–H groups in total. The molecule has 0 fully saturated rings. The van der Waals surface area contributed by atoms with Crippen LogP contribution in [0.4, 0.5) is 5.69 Å². The lowest BCUT2D eigenvalue weighted by Crippen LogP contribution is -2.07. The van der Waals surface area contributed by atoms with Crippen molar-refractivity contribution in [1.29, 1.82) is 0 Å². The van der Waals surface area contributed by atoms with Crippen molar-refractivity contribution in [3.8, 4) is 16.9 Å².